The Bertz CT molecular complexity index is 1250. The van der Waals surface area contributed by atoms with Crippen molar-refractivity contribution in [1.29, 1.82) is 0 Å². The highest BCUT2D eigenvalue weighted by molar-refractivity contribution is 7.21. The Kier molecular flexibility index (Phi) is 5.45. The third-order valence-corrected chi connectivity index (χ3v) is 7.72. The minimum atomic E-state index is 0.362. The zero-order valence-corrected chi connectivity index (χ0v) is 20.7. The van der Waals surface area contributed by atoms with Crippen LogP contribution in [0.4, 0.5) is 5.13 Å². The summed E-state index contributed by atoms with van der Waals surface area (Å²) in [5.41, 5.74) is 8.07. The van der Waals surface area contributed by atoms with Gasteiger partial charge in [-0.25, -0.2) is 14.5 Å². The van der Waals surface area contributed by atoms with E-state index in [0.717, 1.165) is 39.9 Å². The van der Waals surface area contributed by atoms with Gasteiger partial charge >= 0.3 is 0 Å². The number of hydrogen-bond donors (Lipinski definition) is 2. The molecule has 0 aliphatic carbocycles. The Balaban J connectivity index is 1.51. The number of hydrogen-bond acceptors (Lipinski definition) is 6. The summed E-state index contributed by atoms with van der Waals surface area (Å²) in [7, 11) is 0. The third-order valence-electron chi connectivity index (χ3n) is 6.69. The number of thiazole rings is 1. The van der Waals surface area contributed by atoms with Gasteiger partial charge in [-0.3, -0.25) is 0 Å². The molecule has 0 amide bonds. The van der Waals surface area contributed by atoms with Crippen molar-refractivity contribution in [3.63, 3.8) is 0 Å². The molecule has 1 aliphatic heterocycles. The van der Waals surface area contributed by atoms with Crippen LogP contribution in [0.5, 0.6) is 0 Å². The first-order valence-electron chi connectivity index (χ1n) is 11.7. The predicted molar refractivity (Wildman–Crippen MR) is 133 cm³/mol. The van der Waals surface area contributed by atoms with Gasteiger partial charge in [0, 0.05) is 42.5 Å². The largest absolute Gasteiger partial charge is 0.348 e. The summed E-state index contributed by atoms with van der Waals surface area (Å²) in [4.78, 5) is 16.9. The molecule has 5 rings (SSSR count). The van der Waals surface area contributed by atoms with Crippen molar-refractivity contribution in [3.05, 3.63) is 29.2 Å². The van der Waals surface area contributed by atoms with Crippen molar-refractivity contribution in [1.82, 2.24) is 29.9 Å². The Morgan fingerprint density at radius 1 is 1.12 bits per heavy atom. The lowest BCUT2D eigenvalue weighted by Crippen LogP contribution is -2.44. The van der Waals surface area contributed by atoms with Gasteiger partial charge in [-0.15, -0.1) is 0 Å². The summed E-state index contributed by atoms with van der Waals surface area (Å²) < 4.78 is 1.88. The fraction of sp³-hybridized carbons (Fsp3) is 0.542. The molecule has 0 spiro atoms. The topological polar surface area (TPSA) is 74.1 Å². The van der Waals surface area contributed by atoms with E-state index in [2.05, 4.69) is 73.0 Å². The Morgan fingerprint density at radius 3 is 2.56 bits per heavy atom. The van der Waals surface area contributed by atoms with Gasteiger partial charge in [0.2, 0.25) is 0 Å². The smallest absolute Gasteiger partial charge is 0.187 e. The van der Waals surface area contributed by atoms with Crippen molar-refractivity contribution < 1.29 is 0 Å². The van der Waals surface area contributed by atoms with Crippen LogP contribution in [0.25, 0.3) is 27.3 Å². The summed E-state index contributed by atoms with van der Waals surface area (Å²) in [6.07, 6.45) is 6.06. The van der Waals surface area contributed by atoms with Crippen LogP contribution in [-0.2, 0) is 0 Å². The molecule has 0 atom stereocenters. The minimum absolute atomic E-state index is 0.362. The first kappa shape index (κ1) is 21.4. The second kappa shape index (κ2) is 8.15. The molecule has 0 aromatic carbocycles. The third kappa shape index (κ3) is 3.59. The number of piperidine rings is 1. The number of nitrogens with zero attached hydrogens (tertiary/aromatic N) is 5. The minimum Gasteiger partial charge on any atom is -0.348 e. The van der Waals surface area contributed by atoms with Gasteiger partial charge in [0.25, 0.3) is 0 Å². The second-order valence-corrected chi connectivity index (χ2v) is 10.6. The number of pyridine rings is 1. The van der Waals surface area contributed by atoms with Crippen LogP contribution in [-0.4, -0.2) is 49.7 Å². The van der Waals surface area contributed by atoms with Crippen molar-refractivity contribution in [3.8, 4) is 11.3 Å². The number of aromatic amines is 1. The molecule has 0 unspecified atom stereocenters. The zero-order valence-electron chi connectivity index (χ0n) is 19.9. The number of H-pyrrole nitrogens is 1. The number of aryl methyl sites for hydroxylation is 1. The zero-order chi connectivity index (χ0) is 22.6. The van der Waals surface area contributed by atoms with Gasteiger partial charge in [0.05, 0.1) is 5.69 Å². The summed E-state index contributed by atoms with van der Waals surface area (Å²) in [5.74, 6) is 0.362. The highest BCUT2D eigenvalue weighted by Crippen LogP contribution is 2.41. The Hall–Kier alpha value is -2.45. The molecule has 32 heavy (non-hydrogen) atoms. The lowest BCUT2D eigenvalue weighted by atomic mass is 9.96. The van der Waals surface area contributed by atoms with Gasteiger partial charge in [0.1, 0.15) is 16.7 Å². The molecule has 1 fully saturated rings. The average Bonchev–Trinajstić information content (AvgIpc) is 3.44. The van der Waals surface area contributed by atoms with E-state index in [1.54, 1.807) is 17.7 Å². The van der Waals surface area contributed by atoms with E-state index in [1.807, 2.05) is 4.52 Å². The molecule has 8 heteroatoms. The molecule has 1 aliphatic rings. The van der Waals surface area contributed by atoms with Crippen molar-refractivity contribution in [2.24, 2.45) is 0 Å². The Morgan fingerprint density at radius 2 is 1.88 bits per heavy atom. The fourth-order valence-corrected chi connectivity index (χ4v) is 5.98. The molecule has 0 radical (unpaired) electrons. The van der Waals surface area contributed by atoms with Crippen LogP contribution in [0.2, 0.25) is 0 Å². The molecule has 7 nitrogen and oxygen atoms in total. The maximum absolute atomic E-state index is 5.15. The maximum atomic E-state index is 5.15. The molecule has 0 saturated carbocycles. The van der Waals surface area contributed by atoms with Gasteiger partial charge < -0.3 is 15.2 Å². The lowest BCUT2D eigenvalue weighted by molar-refractivity contribution is 0.387. The standard InChI is InChI=1S/C24H33N7S/c1-13(2)19-20(18-11-31-22(25-12-26-31)16(6)15(18)5)28-23-21(19)29-24(32-23)30-9-7-17(8-10-30)27-14(3)4/h11-14,17,27-28H,7-10H2,1-6H3. The summed E-state index contributed by atoms with van der Waals surface area (Å²) >= 11 is 1.79. The average molecular weight is 452 g/mol. The number of nitrogens with one attached hydrogen (secondary N) is 2. The highest BCUT2D eigenvalue weighted by atomic mass is 32.1. The van der Waals surface area contributed by atoms with Gasteiger partial charge in [-0.05, 0) is 43.7 Å². The second-order valence-electron chi connectivity index (χ2n) is 9.65. The van der Waals surface area contributed by atoms with Gasteiger partial charge in [0.15, 0.2) is 10.8 Å². The summed E-state index contributed by atoms with van der Waals surface area (Å²) in [5, 5.41) is 9.21. The van der Waals surface area contributed by atoms with Crippen LogP contribution in [0.15, 0.2) is 12.5 Å². The van der Waals surface area contributed by atoms with Crippen LogP contribution >= 0.6 is 11.3 Å². The van der Waals surface area contributed by atoms with Crippen molar-refractivity contribution >= 4 is 32.5 Å². The molecule has 170 valence electrons. The predicted octanol–water partition coefficient (Wildman–Crippen LogP) is 5.04. The number of rotatable bonds is 5. The molecule has 0 bridgehead atoms. The van der Waals surface area contributed by atoms with Crippen molar-refractivity contribution in [2.75, 3.05) is 18.0 Å². The van der Waals surface area contributed by atoms with Crippen LogP contribution in [0.3, 0.4) is 0 Å². The molecule has 1 saturated heterocycles. The first-order chi connectivity index (χ1) is 15.3. The van der Waals surface area contributed by atoms with Gasteiger partial charge in [-0.2, -0.15) is 5.10 Å². The van der Waals surface area contributed by atoms with E-state index >= 15 is 0 Å². The molecular weight excluding hydrogens is 418 g/mol. The molecule has 4 aromatic rings. The number of fused-ring (bicyclic) bond motifs is 2. The monoisotopic (exact) mass is 451 g/mol. The van der Waals surface area contributed by atoms with Crippen LogP contribution < -0.4 is 10.2 Å². The lowest BCUT2D eigenvalue weighted by Gasteiger charge is -2.33. The van der Waals surface area contributed by atoms with Crippen molar-refractivity contribution in [2.45, 2.75) is 72.4 Å². The van der Waals surface area contributed by atoms with E-state index < -0.39 is 0 Å². The quantitative estimate of drug-likeness (QED) is 0.445. The number of anilines is 1. The summed E-state index contributed by atoms with van der Waals surface area (Å²) in [6, 6.07) is 1.16. The highest BCUT2D eigenvalue weighted by Gasteiger charge is 2.26. The van der Waals surface area contributed by atoms with Crippen LogP contribution in [0, 0.1) is 13.8 Å². The van der Waals surface area contributed by atoms with Crippen LogP contribution in [0.1, 0.15) is 63.1 Å². The normalized spacial score (nSPS) is 15.8. The SMILES string of the molecule is Cc1c(-c2[nH]c3sc(N4CCC(NC(C)C)CC4)nc3c2C(C)C)cn2ncnc2c1C. The molecule has 5 heterocycles. The van der Waals surface area contributed by atoms with E-state index in [0.29, 0.717) is 18.0 Å². The van der Waals surface area contributed by atoms with Gasteiger partial charge in [-0.1, -0.05) is 39.0 Å². The van der Waals surface area contributed by atoms with E-state index in [1.165, 1.54) is 35.1 Å². The first-order valence-corrected chi connectivity index (χ1v) is 12.5. The van der Waals surface area contributed by atoms with E-state index in [9.17, 15) is 0 Å². The van der Waals surface area contributed by atoms with E-state index in [-0.39, 0.29) is 0 Å². The number of aromatic nitrogens is 5. The molecule has 4 aromatic heterocycles. The molecular formula is C24H33N7S. The fourth-order valence-electron chi connectivity index (χ4n) is 4.95. The maximum Gasteiger partial charge on any atom is 0.187 e. The summed E-state index contributed by atoms with van der Waals surface area (Å²) in [6.45, 7) is 15.4. The molecule has 2 N–H and O–H groups in total. The Labute approximate surface area is 193 Å². The van der Waals surface area contributed by atoms with E-state index in [4.69, 9.17) is 4.98 Å².